The molecule has 112 valence electrons. The van der Waals surface area contributed by atoms with Gasteiger partial charge in [-0.3, -0.25) is 14.5 Å². The van der Waals surface area contributed by atoms with E-state index in [9.17, 15) is 14.4 Å². The number of nitrogens with zero attached hydrogens (tertiary/aromatic N) is 2. The van der Waals surface area contributed by atoms with Crippen molar-refractivity contribution in [2.75, 3.05) is 13.2 Å². The summed E-state index contributed by atoms with van der Waals surface area (Å²) < 4.78 is 9.75. The van der Waals surface area contributed by atoms with Crippen molar-refractivity contribution in [3.8, 4) is 0 Å². The zero-order valence-corrected chi connectivity index (χ0v) is 11.7. The first kappa shape index (κ1) is 14.0. The number of rotatable bonds is 4. The van der Waals surface area contributed by atoms with Crippen LogP contribution in [0, 0.1) is 6.92 Å². The van der Waals surface area contributed by atoms with Crippen molar-refractivity contribution in [3.05, 3.63) is 52.9 Å². The summed E-state index contributed by atoms with van der Waals surface area (Å²) in [5.41, 5.74) is 1.29. The number of aromatic nitrogens is 1. The molecular weight excluding hydrogens is 288 g/mol. The van der Waals surface area contributed by atoms with Crippen LogP contribution in [-0.4, -0.2) is 41.0 Å². The zero-order valence-electron chi connectivity index (χ0n) is 11.7. The van der Waals surface area contributed by atoms with Crippen molar-refractivity contribution >= 4 is 17.8 Å². The Hall–Kier alpha value is -2.96. The van der Waals surface area contributed by atoms with Crippen LogP contribution in [-0.2, 0) is 4.74 Å². The number of carbonyl (C=O) groups excluding carboxylic acids is 3. The van der Waals surface area contributed by atoms with Gasteiger partial charge in [0.2, 0.25) is 5.76 Å². The second kappa shape index (κ2) is 5.44. The lowest BCUT2D eigenvalue weighted by Crippen LogP contribution is -2.33. The predicted octanol–water partition coefficient (Wildman–Crippen LogP) is 1.44. The van der Waals surface area contributed by atoms with Crippen LogP contribution in [0.25, 0.3) is 0 Å². The lowest BCUT2D eigenvalue weighted by molar-refractivity contribution is 0.0386. The number of benzene rings is 1. The molecule has 1 aromatic heterocycles. The number of imide groups is 1. The SMILES string of the molecule is Cc1cc(C(=O)OCCN2C(=O)c3ccccc3C2=O)on1. The summed E-state index contributed by atoms with van der Waals surface area (Å²) in [6.07, 6.45) is 0. The van der Waals surface area contributed by atoms with E-state index in [0.29, 0.717) is 16.8 Å². The molecule has 7 nitrogen and oxygen atoms in total. The highest BCUT2D eigenvalue weighted by Crippen LogP contribution is 2.21. The Morgan fingerprint density at radius 2 is 1.86 bits per heavy atom. The summed E-state index contributed by atoms with van der Waals surface area (Å²) in [4.78, 5) is 36.9. The topological polar surface area (TPSA) is 89.7 Å². The van der Waals surface area contributed by atoms with Crippen LogP contribution in [0.3, 0.4) is 0 Å². The molecule has 0 spiro atoms. The Morgan fingerprint density at radius 3 is 2.41 bits per heavy atom. The van der Waals surface area contributed by atoms with E-state index < -0.39 is 5.97 Å². The van der Waals surface area contributed by atoms with E-state index in [4.69, 9.17) is 9.26 Å². The Morgan fingerprint density at radius 1 is 1.23 bits per heavy atom. The van der Waals surface area contributed by atoms with E-state index >= 15 is 0 Å². The predicted molar refractivity (Wildman–Crippen MR) is 73.3 cm³/mol. The minimum Gasteiger partial charge on any atom is -0.458 e. The van der Waals surface area contributed by atoms with Crippen molar-refractivity contribution in [2.45, 2.75) is 6.92 Å². The van der Waals surface area contributed by atoms with Crippen molar-refractivity contribution < 1.29 is 23.6 Å². The molecule has 0 fully saturated rings. The van der Waals surface area contributed by atoms with Gasteiger partial charge in [0.1, 0.15) is 6.61 Å². The number of ether oxygens (including phenoxy) is 1. The van der Waals surface area contributed by atoms with Crippen LogP contribution in [0.1, 0.15) is 37.0 Å². The number of aryl methyl sites for hydroxylation is 1. The van der Waals surface area contributed by atoms with Gasteiger partial charge in [-0.15, -0.1) is 0 Å². The molecule has 7 heteroatoms. The van der Waals surface area contributed by atoms with Gasteiger partial charge in [0, 0.05) is 6.07 Å². The average Bonchev–Trinajstić information content (AvgIpc) is 3.05. The van der Waals surface area contributed by atoms with Gasteiger partial charge >= 0.3 is 5.97 Å². The van der Waals surface area contributed by atoms with E-state index in [1.807, 2.05) is 0 Å². The number of amides is 2. The molecule has 2 amide bonds. The number of carbonyl (C=O) groups is 3. The maximum absolute atomic E-state index is 12.1. The summed E-state index contributed by atoms with van der Waals surface area (Å²) >= 11 is 0. The van der Waals surface area contributed by atoms with E-state index in [2.05, 4.69) is 5.16 Å². The fourth-order valence-corrected chi connectivity index (χ4v) is 2.20. The van der Waals surface area contributed by atoms with Gasteiger partial charge in [0.25, 0.3) is 11.8 Å². The van der Waals surface area contributed by atoms with Crippen molar-refractivity contribution in [1.82, 2.24) is 10.1 Å². The van der Waals surface area contributed by atoms with E-state index in [1.54, 1.807) is 31.2 Å². The molecule has 0 saturated heterocycles. The first-order valence-electron chi connectivity index (χ1n) is 6.63. The van der Waals surface area contributed by atoms with Gasteiger partial charge in [-0.05, 0) is 19.1 Å². The summed E-state index contributed by atoms with van der Waals surface area (Å²) in [5.74, 6) is -1.46. The molecule has 0 aliphatic carbocycles. The molecule has 1 aliphatic rings. The molecule has 0 bridgehead atoms. The van der Waals surface area contributed by atoms with Crippen LogP contribution in [0.5, 0.6) is 0 Å². The van der Waals surface area contributed by atoms with Crippen LogP contribution in [0.15, 0.2) is 34.9 Å². The summed E-state index contributed by atoms with van der Waals surface area (Å²) in [6.45, 7) is 1.56. The minimum absolute atomic E-state index is 0.00872. The smallest absolute Gasteiger partial charge is 0.377 e. The van der Waals surface area contributed by atoms with Crippen LogP contribution in [0.2, 0.25) is 0 Å². The quantitative estimate of drug-likeness (QED) is 0.627. The molecule has 1 aliphatic heterocycles. The lowest BCUT2D eigenvalue weighted by atomic mass is 10.1. The molecule has 0 saturated carbocycles. The van der Waals surface area contributed by atoms with Gasteiger partial charge in [-0.1, -0.05) is 17.3 Å². The molecule has 2 aromatic rings. The molecule has 22 heavy (non-hydrogen) atoms. The first-order chi connectivity index (χ1) is 10.6. The van der Waals surface area contributed by atoms with Gasteiger partial charge in [0.05, 0.1) is 23.4 Å². The Balaban J connectivity index is 1.60. The highest BCUT2D eigenvalue weighted by Gasteiger charge is 2.34. The third kappa shape index (κ3) is 2.37. The van der Waals surface area contributed by atoms with Crippen molar-refractivity contribution in [1.29, 1.82) is 0 Å². The van der Waals surface area contributed by atoms with Crippen LogP contribution < -0.4 is 0 Å². The Kier molecular flexibility index (Phi) is 3.46. The maximum Gasteiger partial charge on any atom is 0.377 e. The van der Waals surface area contributed by atoms with Gasteiger partial charge in [-0.25, -0.2) is 4.79 Å². The average molecular weight is 300 g/mol. The molecule has 1 aromatic carbocycles. The standard InChI is InChI=1S/C15H12N2O5/c1-9-8-12(22-16-9)15(20)21-7-6-17-13(18)10-4-2-3-5-11(10)14(17)19/h2-5,8H,6-7H2,1H3. The second-order valence-electron chi connectivity index (χ2n) is 4.78. The number of hydrogen-bond donors (Lipinski definition) is 0. The molecule has 0 radical (unpaired) electrons. The first-order valence-corrected chi connectivity index (χ1v) is 6.63. The summed E-state index contributed by atoms with van der Waals surface area (Å²) in [5, 5.41) is 3.58. The van der Waals surface area contributed by atoms with E-state index in [-0.39, 0.29) is 30.7 Å². The highest BCUT2D eigenvalue weighted by atomic mass is 16.6. The largest absolute Gasteiger partial charge is 0.458 e. The summed E-state index contributed by atoms with van der Waals surface area (Å²) in [7, 11) is 0. The zero-order chi connectivity index (χ0) is 15.7. The molecule has 0 N–H and O–H groups in total. The van der Waals surface area contributed by atoms with Crippen molar-refractivity contribution in [2.24, 2.45) is 0 Å². The lowest BCUT2D eigenvalue weighted by Gasteiger charge is -2.13. The Labute approximate surface area is 125 Å². The van der Waals surface area contributed by atoms with Gasteiger partial charge in [-0.2, -0.15) is 0 Å². The maximum atomic E-state index is 12.1. The van der Waals surface area contributed by atoms with Crippen LogP contribution >= 0.6 is 0 Å². The molecular formula is C15H12N2O5. The molecule has 3 rings (SSSR count). The molecule has 0 atom stereocenters. The van der Waals surface area contributed by atoms with Gasteiger partial charge in [0.15, 0.2) is 0 Å². The monoisotopic (exact) mass is 300 g/mol. The number of hydrogen-bond acceptors (Lipinski definition) is 6. The van der Waals surface area contributed by atoms with Gasteiger partial charge < -0.3 is 9.26 Å². The van der Waals surface area contributed by atoms with E-state index in [0.717, 1.165) is 4.90 Å². The van der Waals surface area contributed by atoms with Crippen molar-refractivity contribution in [3.63, 3.8) is 0 Å². The second-order valence-corrected chi connectivity index (χ2v) is 4.78. The third-order valence-corrected chi connectivity index (χ3v) is 3.26. The minimum atomic E-state index is -0.683. The molecule has 0 unspecified atom stereocenters. The van der Waals surface area contributed by atoms with Crippen LogP contribution in [0.4, 0.5) is 0 Å². The number of esters is 1. The van der Waals surface area contributed by atoms with E-state index in [1.165, 1.54) is 6.07 Å². The fourth-order valence-electron chi connectivity index (χ4n) is 2.20. The fraction of sp³-hybridized carbons (Fsp3) is 0.200. The highest BCUT2D eigenvalue weighted by molar-refractivity contribution is 6.21. The number of fused-ring (bicyclic) bond motifs is 1. The normalized spacial score (nSPS) is 13.4. The molecule has 2 heterocycles. The Bertz CT molecular complexity index is 730. The third-order valence-electron chi connectivity index (χ3n) is 3.26. The summed E-state index contributed by atoms with van der Waals surface area (Å²) in [6, 6.07) is 8.03.